The second kappa shape index (κ2) is 8.20. The smallest absolute Gasteiger partial charge is 0.315 e. The third-order valence-corrected chi connectivity index (χ3v) is 4.42. The molecule has 0 fully saturated rings. The van der Waals surface area contributed by atoms with Crippen molar-refractivity contribution in [3.05, 3.63) is 11.6 Å². The van der Waals surface area contributed by atoms with Gasteiger partial charge < -0.3 is 15.7 Å². The fourth-order valence-electron chi connectivity index (χ4n) is 3.24. The van der Waals surface area contributed by atoms with Crippen molar-refractivity contribution in [3.8, 4) is 0 Å². The maximum absolute atomic E-state index is 11.7. The van der Waals surface area contributed by atoms with E-state index in [-0.39, 0.29) is 30.3 Å². The van der Waals surface area contributed by atoms with Gasteiger partial charge >= 0.3 is 12.0 Å². The van der Waals surface area contributed by atoms with Crippen LogP contribution in [0, 0.1) is 23.7 Å². The number of allylic oxidation sites excluding steroid dienone is 1. The van der Waals surface area contributed by atoms with Crippen molar-refractivity contribution in [2.75, 3.05) is 6.54 Å². The first-order chi connectivity index (χ1) is 10.2. The van der Waals surface area contributed by atoms with Crippen LogP contribution in [0.5, 0.6) is 0 Å². The first-order valence-corrected chi connectivity index (χ1v) is 8.15. The van der Waals surface area contributed by atoms with Crippen LogP contribution in [0.2, 0.25) is 0 Å². The highest BCUT2D eigenvalue weighted by molar-refractivity contribution is 5.74. The molecule has 0 radical (unpaired) electrons. The number of amides is 2. The maximum atomic E-state index is 11.7. The van der Waals surface area contributed by atoms with Gasteiger partial charge in [-0.15, -0.1) is 0 Å². The minimum absolute atomic E-state index is 0.115. The van der Waals surface area contributed by atoms with Crippen LogP contribution in [0.15, 0.2) is 11.6 Å². The molecule has 0 aromatic carbocycles. The number of carbonyl (C=O) groups is 2. The molecule has 1 rings (SSSR count). The summed E-state index contributed by atoms with van der Waals surface area (Å²) in [5.41, 5.74) is 1.13. The molecule has 2 amide bonds. The summed E-state index contributed by atoms with van der Waals surface area (Å²) in [6.45, 7) is 10.8. The number of nitrogens with one attached hydrogen (secondary N) is 2. The van der Waals surface area contributed by atoms with Gasteiger partial charge in [0.1, 0.15) is 0 Å². The van der Waals surface area contributed by atoms with E-state index in [2.05, 4.69) is 30.6 Å². The number of carbonyl (C=O) groups excluding carboxylic acids is 1. The number of aliphatic carboxylic acids is 1. The van der Waals surface area contributed by atoms with Crippen molar-refractivity contribution < 1.29 is 14.7 Å². The zero-order chi connectivity index (χ0) is 16.9. The zero-order valence-electron chi connectivity index (χ0n) is 14.3. The minimum Gasteiger partial charge on any atom is -0.481 e. The lowest BCUT2D eigenvalue weighted by atomic mass is 9.70. The molecule has 0 spiro atoms. The number of rotatable bonds is 6. The van der Waals surface area contributed by atoms with Crippen molar-refractivity contribution in [3.63, 3.8) is 0 Å². The molecule has 5 heteroatoms. The molecule has 0 aliphatic heterocycles. The fraction of sp³-hybridized carbons (Fsp3) is 0.765. The van der Waals surface area contributed by atoms with Gasteiger partial charge in [0.25, 0.3) is 0 Å². The molecule has 0 saturated heterocycles. The van der Waals surface area contributed by atoms with Crippen molar-refractivity contribution in [1.82, 2.24) is 10.6 Å². The van der Waals surface area contributed by atoms with E-state index >= 15 is 0 Å². The van der Waals surface area contributed by atoms with E-state index in [0.29, 0.717) is 18.4 Å². The molecule has 126 valence electrons. The first-order valence-electron chi connectivity index (χ1n) is 8.15. The predicted octanol–water partition coefficient (Wildman–Crippen LogP) is 3.02. The normalized spacial score (nSPS) is 25.0. The summed E-state index contributed by atoms with van der Waals surface area (Å²) in [5, 5.41) is 14.8. The van der Waals surface area contributed by atoms with Crippen LogP contribution in [0.4, 0.5) is 4.79 Å². The standard InChI is InChI=1S/C17H30N2O3/c1-10(2)15-7-13(8-16(20)21)12(5)6-14(15)9-18-17(22)19-11(3)4/h6,10-11,13-15H,7-9H2,1-5H3,(H,20,21)(H2,18,19,22)/t13-,14-,15-/m0/s1. The summed E-state index contributed by atoms with van der Waals surface area (Å²) in [6.07, 6.45) is 3.24. The molecule has 0 unspecified atom stereocenters. The minimum atomic E-state index is -0.742. The SMILES string of the molecule is CC1=C[C@@H](CNC(=O)NC(C)C)[C@H](C(C)C)C[C@H]1CC(=O)O. The van der Waals surface area contributed by atoms with Crippen molar-refractivity contribution in [2.24, 2.45) is 23.7 Å². The molecular formula is C17H30N2O3. The lowest BCUT2D eigenvalue weighted by Gasteiger charge is -2.37. The van der Waals surface area contributed by atoms with Gasteiger partial charge in [-0.05, 0) is 50.9 Å². The van der Waals surface area contributed by atoms with Gasteiger partial charge in [-0.2, -0.15) is 0 Å². The molecule has 3 N–H and O–H groups in total. The monoisotopic (exact) mass is 310 g/mol. The highest BCUT2D eigenvalue weighted by Crippen LogP contribution is 2.38. The van der Waals surface area contributed by atoms with Crippen LogP contribution in [-0.2, 0) is 4.79 Å². The molecule has 0 aromatic rings. The number of urea groups is 1. The van der Waals surface area contributed by atoms with E-state index in [0.717, 1.165) is 12.0 Å². The molecular weight excluding hydrogens is 280 g/mol. The van der Waals surface area contributed by atoms with E-state index < -0.39 is 5.97 Å². The summed E-state index contributed by atoms with van der Waals surface area (Å²) in [5.74, 6) is 0.495. The Morgan fingerprint density at radius 1 is 1.32 bits per heavy atom. The maximum Gasteiger partial charge on any atom is 0.315 e. The van der Waals surface area contributed by atoms with E-state index in [4.69, 9.17) is 5.11 Å². The van der Waals surface area contributed by atoms with Crippen molar-refractivity contribution >= 4 is 12.0 Å². The van der Waals surface area contributed by atoms with Crippen molar-refractivity contribution in [2.45, 2.75) is 53.5 Å². The average Bonchev–Trinajstić information content (AvgIpc) is 2.37. The van der Waals surface area contributed by atoms with E-state index in [9.17, 15) is 9.59 Å². The van der Waals surface area contributed by atoms with Gasteiger partial charge in [-0.25, -0.2) is 4.79 Å². The van der Waals surface area contributed by atoms with Gasteiger partial charge in [0, 0.05) is 12.6 Å². The molecule has 1 aliphatic rings. The average molecular weight is 310 g/mol. The molecule has 3 atom stereocenters. The molecule has 0 bridgehead atoms. The second-order valence-corrected chi connectivity index (χ2v) is 7.02. The fourth-order valence-corrected chi connectivity index (χ4v) is 3.24. The first kappa shape index (κ1) is 18.5. The lowest BCUT2D eigenvalue weighted by molar-refractivity contribution is -0.138. The van der Waals surface area contributed by atoms with Crippen molar-refractivity contribution in [1.29, 1.82) is 0 Å². The van der Waals surface area contributed by atoms with E-state index in [1.807, 2.05) is 20.8 Å². The number of hydrogen-bond donors (Lipinski definition) is 3. The van der Waals surface area contributed by atoms with E-state index in [1.54, 1.807) is 0 Å². The molecule has 5 nitrogen and oxygen atoms in total. The van der Waals surface area contributed by atoms with Crippen LogP contribution in [0.1, 0.15) is 47.5 Å². The Kier molecular flexibility index (Phi) is 6.91. The Balaban J connectivity index is 2.72. The van der Waals surface area contributed by atoms with Crippen LogP contribution in [0.25, 0.3) is 0 Å². The Hall–Kier alpha value is -1.52. The largest absolute Gasteiger partial charge is 0.481 e. The number of carboxylic acids is 1. The highest BCUT2D eigenvalue weighted by Gasteiger charge is 2.32. The van der Waals surface area contributed by atoms with Gasteiger partial charge in [-0.3, -0.25) is 4.79 Å². The Morgan fingerprint density at radius 2 is 1.95 bits per heavy atom. The van der Waals surface area contributed by atoms with Gasteiger partial charge in [0.15, 0.2) is 0 Å². The summed E-state index contributed by atoms with van der Waals surface area (Å²) < 4.78 is 0. The number of hydrogen-bond acceptors (Lipinski definition) is 2. The summed E-state index contributed by atoms with van der Waals surface area (Å²) in [7, 11) is 0. The van der Waals surface area contributed by atoms with Crippen LogP contribution >= 0.6 is 0 Å². The summed E-state index contributed by atoms with van der Waals surface area (Å²) in [6, 6.07) is -0.0271. The zero-order valence-corrected chi connectivity index (χ0v) is 14.3. The predicted molar refractivity (Wildman–Crippen MR) is 87.6 cm³/mol. The second-order valence-electron chi connectivity index (χ2n) is 7.02. The molecule has 22 heavy (non-hydrogen) atoms. The lowest BCUT2D eigenvalue weighted by Crippen LogP contribution is -2.43. The van der Waals surface area contributed by atoms with Gasteiger partial charge in [-0.1, -0.05) is 25.5 Å². The van der Waals surface area contributed by atoms with Gasteiger partial charge in [0.05, 0.1) is 6.42 Å². The highest BCUT2D eigenvalue weighted by atomic mass is 16.4. The number of carboxylic acid groups (broad SMARTS) is 1. The Bertz CT molecular complexity index is 430. The van der Waals surface area contributed by atoms with Crippen LogP contribution in [-0.4, -0.2) is 29.7 Å². The Morgan fingerprint density at radius 3 is 2.45 bits per heavy atom. The summed E-state index contributed by atoms with van der Waals surface area (Å²) >= 11 is 0. The third kappa shape index (κ3) is 5.70. The van der Waals surface area contributed by atoms with E-state index in [1.165, 1.54) is 0 Å². The van der Waals surface area contributed by atoms with Gasteiger partial charge in [0.2, 0.25) is 0 Å². The molecule has 0 heterocycles. The molecule has 0 saturated carbocycles. The van der Waals surface area contributed by atoms with Crippen LogP contribution < -0.4 is 10.6 Å². The quantitative estimate of drug-likeness (QED) is 0.660. The summed E-state index contributed by atoms with van der Waals surface area (Å²) in [4.78, 5) is 22.7. The topological polar surface area (TPSA) is 78.4 Å². The molecule has 1 aliphatic carbocycles. The Labute approximate surface area is 133 Å². The molecule has 0 aromatic heterocycles. The van der Waals surface area contributed by atoms with Crippen LogP contribution in [0.3, 0.4) is 0 Å². The third-order valence-electron chi connectivity index (χ3n) is 4.42.